The van der Waals surface area contributed by atoms with Crippen LogP contribution in [0.2, 0.25) is 0 Å². The molecule has 3 heteroatoms. The van der Waals surface area contributed by atoms with Crippen molar-refractivity contribution in [1.82, 2.24) is 0 Å². The van der Waals surface area contributed by atoms with E-state index in [1.165, 1.54) is 0 Å². The maximum absolute atomic E-state index is 10.9. The number of aryl methyl sites for hydroxylation is 1. The lowest BCUT2D eigenvalue weighted by molar-refractivity contribution is 0.111. The van der Waals surface area contributed by atoms with Gasteiger partial charge in [0.05, 0.1) is 18.8 Å². The van der Waals surface area contributed by atoms with Crippen LogP contribution in [0, 0.1) is 6.92 Å². The van der Waals surface area contributed by atoms with Crippen molar-refractivity contribution in [3.05, 3.63) is 23.3 Å². The Morgan fingerprint density at radius 2 is 2.00 bits per heavy atom. The quantitative estimate of drug-likeness (QED) is 0.713. The summed E-state index contributed by atoms with van der Waals surface area (Å²) in [7, 11) is 1.57. The maximum atomic E-state index is 10.9. The minimum atomic E-state index is 0.0142. The number of benzene rings is 1. The Bertz CT molecular complexity index is 356. The summed E-state index contributed by atoms with van der Waals surface area (Å²) in [5.74, 6) is 1.12. The van der Waals surface area contributed by atoms with Crippen molar-refractivity contribution >= 4 is 6.29 Å². The zero-order chi connectivity index (χ0) is 11.4. The van der Waals surface area contributed by atoms with Crippen LogP contribution in [0.15, 0.2) is 12.1 Å². The highest BCUT2D eigenvalue weighted by Crippen LogP contribution is 2.32. The van der Waals surface area contributed by atoms with Crippen molar-refractivity contribution in [1.29, 1.82) is 0 Å². The zero-order valence-electron chi connectivity index (χ0n) is 9.53. The van der Waals surface area contributed by atoms with Crippen LogP contribution in [-0.2, 0) is 0 Å². The van der Waals surface area contributed by atoms with Gasteiger partial charge in [-0.2, -0.15) is 0 Å². The topological polar surface area (TPSA) is 35.5 Å². The summed E-state index contributed by atoms with van der Waals surface area (Å²) in [6, 6.07) is 3.64. The summed E-state index contributed by atoms with van der Waals surface area (Å²) in [6.45, 7) is 5.73. The smallest absolute Gasteiger partial charge is 0.172 e. The largest absolute Gasteiger partial charge is 0.493 e. The van der Waals surface area contributed by atoms with Gasteiger partial charge < -0.3 is 9.47 Å². The standard InChI is InChI=1S/C12H16O3/c1-8(2)15-12-10(7-13)5-9(3)6-11(12)14-4/h5-8H,1-4H3. The average Bonchev–Trinajstić information content (AvgIpc) is 2.19. The molecule has 0 saturated carbocycles. The first-order chi connectivity index (χ1) is 7.08. The summed E-state index contributed by atoms with van der Waals surface area (Å²) in [4.78, 5) is 10.9. The molecule has 0 unspecified atom stereocenters. The van der Waals surface area contributed by atoms with Crippen LogP contribution >= 0.6 is 0 Å². The lowest BCUT2D eigenvalue weighted by Gasteiger charge is -2.15. The first-order valence-electron chi connectivity index (χ1n) is 4.89. The number of methoxy groups -OCH3 is 1. The van der Waals surface area contributed by atoms with Gasteiger partial charge in [-0.05, 0) is 38.5 Å². The molecule has 0 N–H and O–H groups in total. The highest BCUT2D eigenvalue weighted by Gasteiger charge is 2.12. The van der Waals surface area contributed by atoms with Gasteiger partial charge in [0.2, 0.25) is 0 Å². The third-order valence-corrected chi connectivity index (χ3v) is 1.93. The maximum Gasteiger partial charge on any atom is 0.172 e. The molecule has 0 heterocycles. The molecule has 15 heavy (non-hydrogen) atoms. The minimum absolute atomic E-state index is 0.0142. The van der Waals surface area contributed by atoms with E-state index in [1.807, 2.05) is 26.8 Å². The Hall–Kier alpha value is -1.51. The number of rotatable bonds is 4. The van der Waals surface area contributed by atoms with Gasteiger partial charge in [-0.1, -0.05) is 0 Å². The Balaban J connectivity index is 3.23. The molecule has 0 aromatic heterocycles. The fourth-order valence-corrected chi connectivity index (χ4v) is 1.37. The van der Waals surface area contributed by atoms with E-state index in [9.17, 15) is 4.79 Å². The first-order valence-corrected chi connectivity index (χ1v) is 4.89. The molecule has 0 atom stereocenters. The van der Waals surface area contributed by atoms with Crippen molar-refractivity contribution in [3.63, 3.8) is 0 Å². The molecular weight excluding hydrogens is 192 g/mol. The van der Waals surface area contributed by atoms with Gasteiger partial charge in [-0.25, -0.2) is 0 Å². The fraction of sp³-hybridized carbons (Fsp3) is 0.417. The molecule has 3 nitrogen and oxygen atoms in total. The second kappa shape index (κ2) is 4.82. The van der Waals surface area contributed by atoms with Crippen molar-refractivity contribution in [2.75, 3.05) is 7.11 Å². The van der Waals surface area contributed by atoms with Gasteiger partial charge >= 0.3 is 0 Å². The van der Waals surface area contributed by atoms with E-state index in [0.717, 1.165) is 11.8 Å². The van der Waals surface area contributed by atoms with Crippen LogP contribution in [0.5, 0.6) is 11.5 Å². The predicted molar refractivity (Wildman–Crippen MR) is 58.9 cm³/mol. The van der Waals surface area contributed by atoms with E-state index in [4.69, 9.17) is 9.47 Å². The molecule has 82 valence electrons. The molecule has 1 aromatic carbocycles. The lowest BCUT2D eigenvalue weighted by Crippen LogP contribution is -2.09. The normalized spacial score (nSPS) is 10.2. The van der Waals surface area contributed by atoms with Crippen molar-refractivity contribution in [3.8, 4) is 11.5 Å². The van der Waals surface area contributed by atoms with Gasteiger partial charge in [0.25, 0.3) is 0 Å². The van der Waals surface area contributed by atoms with E-state index in [0.29, 0.717) is 17.1 Å². The van der Waals surface area contributed by atoms with Crippen LogP contribution in [0.4, 0.5) is 0 Å². The van der Waals surface area contributed by atoms with Gasteiger partial charge in [0.1, 0.15) is 0 Å². The molecule has 0 saturated heterocycles. The van der Waals surface area contributed by atoms with Crippen LogP contribution in [-0.4, -0.2) is 19.5 Å². The Morgan fingerprint density at radius 1 is 1.33 bits per heavy atom. The Labute approximate surface area is 90.0 Å². The summed E-state index contributed by atoms with van der Waals surface area (Å²) >= 11 is 0. The number of carbonyl (C=O) groups is 1. The molecule has 0 aliphatic heterocycles. The van der Waals surface area contributed by atoms with E-state index in [1.54, 1.807) is 13.2 Å². The SMILES string of the molecule is COc1cc(C)cc(C=O)c1OC(C)C. The molecule has 0 fully saturated rings. The second-order valence-electron chi connectivity index (χ2n) is 3.67. The van der Waals surface area contributed by atoms with Crippen molar-refractivity contribution in [2.24, 2.45) is 0 Å². The van der Waals surface area contributed by atoms with Crippen molar-refractivity contribution < 1.29 is 14.3 Å². The van der Waals surface area contributed by atoms with Crippen LogP contribution in [0.25, 0.3) is 0 Å². The molecule has 1 aromatic rings. The van der Waals surface area contributed by atoms with E-state index in [2.05, 4.69) is 0 Å². The molecule has 1 rings (SSSR count). The summed E-state index contributed by atoms with van der Waals surface area (Å²) < 4.78 is 10.7. The van der Waals surface area contributed by atoms with E-state index >= 15 is 0 Å². The number of ether oxygens (including phenoxy) is 2. The number of aldehydes is 1. The first kappa shape index (κ1) is 11.6. The predicted octanol–water partition coefficient (Wildman–Crippen LogP) is 2.60. The number of hydrogen-bond donors (Lipinski definition) is 0. The highest BCUT2D eigenvalue weighted by atomic mass is 16.5. The minimum Gasteiger partial charge on any atom is -0.493 e. The third-order valence-electron chi connectivity index (χ3n) is 1.93. The van der Waals surface area contributed by atoms with Crippen molar-refractivity contribution in [2.45, 2.75) is 26.9 Å². The fourth-order valence-electron chi connectivity index (χ4n) is 1.37. The zero-order valence-corrected chi connectivity index (χ0v) is 9.53. The number of hydrogen-bond acceptors (Lipinski definition) is 3. The highest BCUT2D eigenvalue weighted by molar-refractivity contribution is 5.81. The van der Waals surface area contributed by atoms with Gasteiger partial charge in [-0.15, -0.1) is 0 Å². The summed E-state index contributed by atoms with van der Waals surface area (Å²) in [6.07, 6.45) is 0.799. The summed E-state index contributed by atoms with van der Waals surface area (Å²) in [5.41, 5.74) is 1.51. The molecule has 0 amide bonds. The number of carbonyl (C=O) groups excluding carboxylic acids is 1. The molecule has 0 radical (unpaired) electrons. The molecule has 0 aliphatic rings. The lowest BCUT2D eigenvalue weighted by atomic mass is 10.1. The van der Waals surface area contributed by atoms with E-state index in [-0.39, 0.29) is 6.10 Å². The van der Waals surface area contributed by atoms with Crippen LogP contribution in [0.3, 0.4) is 0 Å². The summed E-state index contributed by atoms with van der Waals surface area (Å²) in [5, 5.41) is 0. The van der Waals surface area contributed by atoms with Crippen LogP contribution < -0.4 is 9.47 Å². The molecular formula is C12H16O3. The second-order valence-corrected chi connectivity index (χ2v) is 3.67. The Kier molecular flexibility index (Phi) is 3.72. The monoisotopic (exact) mass is 208 g/mol. The van der Waals surface area contributed by atoms with E-state index < -0.39 is 0 Å². The van der Waals surface area contributed by atoms with Gasteiger partial charge in [0.15, 0.2) is 17.8 Å². The molecule has 0 spiro atoms. The van der Waals surface area contributed by atoms with Gasteiger partial charge in [0, 0.05) is 0 Å². The average molecular weight is 208 g/mol. The van der Waals surface area contributed by atoms with Crippen LogP contribution in [0.1, 0.15) is 29.8 Å². The molecule has 0 aliphatic carbocycles. The van der Waals surface area contributed by atoms with Gasteiger partial charge in [-0.3, -0.25) is 4.79 Å². The molecule has 0 bridgehead atoms. The Morgan fingerprint density at radius 3 is 2.47 bits per heavy atom. The third kappa shape index (κ3) is 2.72.